The third-order valence-corrected chi connectivity index (χ3v) is 6.89. The first-order valence-electron chi connectivity index (χ1n) is 6.41. The summed E-state index contributed by atoms with van der Waals surface area (Å²) in [4.78, 5) is 0.421. The van der Waals surface area contributed by atoms with E-state index in [1.165, 1.54) is 0 Å². The number of hydrogen-bond acceptors (Lipinski definition) is 3. The van der Waals surface area contributed by atoms with Crippen LogP contribution < -0.4 is 0 Å². The van der Waals surface area contributed by atoms with Gasteiger partial charge in [0.2, 0.25) is 0 Å². The van der Waals surface area contributed by atoms with Gasteiger partial charge in [-0.1, -0.05) is 33.6 Å². The standard InChI is InChI=1S/C14H19BrO3S/c1-12-2-4-13(5-3-12)19(16,17)11-14(10-15)6-8-18-9-7-14/h2-5H,6-11H2,1H3. The quantitative estimate of drug-likeness (QED) is 0.787. The number of ether oxygens (including phenoxy) is 1. The minimum absolute atomic E-state index is 0.192. The van der Waals surface area contributed by atoms with Gasteiger partial charge in [0.05, 0.1) is 10.6 Å². The monoisotopic (exact) mass is 346 g/mol. The van der Waals surface area contributed by atoms with Gasteiger partial charge >= 0.3 is 0 Å². The summed E-state index contributed by atoms with van der Waals surface area (Å²) < 4.78 is 30.4. The molecule has 1 saturated heterocycles. The smallest absolute Gasteiger partial charge is 0.178 e. The lowest BCUT2D eigenvalue weighted by Crippen LogP contribution is -2.37. The van der Waals surface area contributed by atoms with Crippen molar-refractivity contribution >= 4 is 25.8 Å². The Kier molecular flexibility index (Phi) is 4.69. The van der Waals surface area contributed by atoms with Crippen molar-refractivity contribution in [2.45, 2.75) is 24.7 Å². The maximum absolute atomic E-state index is 12.5. The Labute approximate surface area is 123 Å². The lowest BCUT2D eigenvalue weighted by Gasteiger charge is -2.35. The Bertz CT molecular complexity index is 516. The van der Waals surface area contributed by atoms with E-state index in [1.54, 1.807) is 12.1 Å². The highest BCUT2D eigenvalue weighted by molar-refractivity contribution is 9.09. The summed E-state index contributed by atoms with van der Waals surface area (Å²) >= 11 is 3.48. The zero-order chi connectivity index (χ0) is 13.9. The van der Waals surface area contributed by atoms with Crippen molar-refractivity contribution in [1.82, 2.24) is 0 Å². The van der Waals surface area contributed by atoms with Gasteiger partial charge in [-0.2, -0.15) is 0 Å². The highest BCUT2D eigenvalue weighted by atomic mass is 79.9. The lowest BCUT2D eigenvalue weighted by atomic mass is 9.85. The average molecular weight is 347 g/mol. The van der Waals surface area contributed by atoms with Gasteiger partial charge in [0.15, 0.2) is 9.84 Å². The van der Waals surface area contributed by atoms with E-state index in [1.807, 2.05) is 19.1 Å². The number of aryl methyl sites for hydroxylation is 1. The highest BCUT2D eigenvalue weighted by Gasteiger charge is 2.36. The van der Waals surface area contributed by atoms with Crippen molar-refractivity contribution in [3.63, 3.8) is 0 Å². The second-order valence-electron chi connectivity index (χ2n) is 5.32. The summed E-state index contributed by atoms with van der Waals surface area (Å²) in [7, 11) is -3.23. The van der Waals surface area contributed by atoms with Crippen LogP contribution in [0.3, 0.4) is 0 Å². The predicted molar refractivity (Wildman–Crippen MR) is 79.5 cm³/mol. The number of benzene rings is 1. The summed E-state index contributed by atoms with van der Waals surface area (Å²) in [5, 5.41) is 0.703. The molecule has 0 N–H and O–H groups in total. The van der Waals surface area contributed by atoms with Crippen molar-refractivity contribution in [2.24, 2.45) is 5.41 Å². The first-order chi connectivity index (χ1) is 8.97. The molecular weight excluding hydrogens is 328 g/mol. The summed E-state index contributed by atoms with van der Waals surface area (Å²) in [6, 6.07) is 7.09. The molecule has 0 radical (unpaired) electrons. The number of hydrogen-bond donors (Lipinski definition) is 0. The summed E-state index contributed by atoms with van der Waals surface area (Å²) in [6.45, 7) is 3.25. The normalized spacial score (nSPS) is 19.3. The minimum Gasteiger partial charge on any atom is -0.381 e. The molecule has 0 aromatic heterocycles. The van der Waals surface area contributed by atoms with E-state index in [0.717, 1.165) is 18.4 Å². The maximum atomic E-state index is 12.5. The van der Waals surface area contributed by atoms with Crippen LogP contribution in [0.15, 0.2) is 29.2 Å². The number of halogens is 1. The first-order valence-corrected chi connectivity index (χ1v) is 9.18. The Morgan fingerprint density at radius 2 is 1.79 bits per heavy atom. The van der Waals surface area contributed by atoms with Crippen molar-refractivity contribution in [2.75, 3.05) is 24.3 Å². The molecule has 106 valence electrons. The van der Waals surface area contributed by atoms with Gasteiger partial charge in [-0.05, 0) is 37.3 Å². The van der Waals surface area contributed by atoms with E-state index in [4.69, 9.17) is 4.74 Å². The van der Waals surface area contributed by atoms with Crippen LogP contribution in [0.5, 0.6) is 0 Å². The Balaban J connectivity index is 2.22. The molecule has 1 aromatic carbocycles. The maximum Gasteiger partial charge on any atom is 0.178 e. The van der Waals surface area contributed by atoms with Crippen LogP contribution >= 0.6 is 15.9 Å². The van der Waals surface area contributed by atoms with Crippen molar-refractivity contribution < 1.29 is 13.2 Å². The molecule has 0 amide bonds. The number of rotatable bonds is 4. The minimum atomic E-state index is -3.23. The highest BCUT2D eigenvalue weighted by Crippen LogP contribution is 2.35. The zero-order valence-electron chi connectivity index (χ0n) is 11.1. The van der Waals surface area contributed by atoms with Crippen LogP contribution in [0, 0.1) is 12.3 Å². The molecule has 0 unspecified atom stereocenters. The fourth-order valence-corrected chi connectivity index (χ4v) is 5.29. The Morgan fingerprint density at radius 3 is 2.32 bits per heavy atom. The third kappa shape index (κ3) is 3.58. The summed E-state index contributed by atoms with van der Waals surface area (Å²) in [6.07, 6.45) is 1.59. The zero-order valence-corrected chi connectivity index (χ0v) is 13.5. The van der Waals surface area contributed by atoms with Crippen LogP contribution in [0.1, 0.15) is 18.4 Å². The van der Waals surface area contributed by atoms with Gasteiger partial charge in [0, 0.05) is 18.5 Å². The SMILES string of the molecule is Cc1ccc(S(=O)(=O)CC2(CBr)CCOCC2)cc1. The lowest BCUT2D eigenvalue weighted by molar-refractivity contribution is 0.0367. The molecule has 3 nitrogen and oxygen atoms in total. The topological polar surface area (TPSA) is 43.4 Å². The Morgan fingerprint density at radius 1 is 1.21 bits per heavy atom. The molecule has 1 aliphatic heterocycles. The van der Waals surface area contributed by atoms with Gasteiger partial charge < -0.3 is 4.74 Å². The largest absolute Gasteiger partial charge is 0.381 e. The Hall–Kier alpha value is -0.390. The summed E-state index contributed by atoms with van der Waals surface area (Å²) in [5.74, 6) is 0.192. The second kappa shape index (κ2) is 5.94. The van der Waals surface area contributed by atoms with E-state index in [-0.39, 0.29) is 11.2 Å². The van der Waals surface area contributed by atoms with Crippen LogP contribution in [0.2, 0.25) is 0 Å². The van der Waals surface area contributed by atoms with Crippen molar-refractivity contribution in [1.29, 1.82) is 0 Å². The molecule has 0 saturated carbocycles. The molecule has 1 aliphatic rings. The predicted octanol–water partition coefficient (Wildman–Crippen LogP) is 2.96. The van der Waals surface area contributed by atoms with Gasteiger partial charge in [0.1, 0.15) is 0 Å². The van der Waals surface area contributed by atoms with Crippen molar-refractivity contribution in [3.8, 4) is 0 Å². The molecule has 19 heavy (non-hydrogen) atoms. The van der Waals surface area contributed by atoms with Crippen LogP contribution in [-0.4, -0.2) is 32.7 Å². The number of sulfone groups is 1. The van der Waals surface area contributed by atoms with E-state index >= 15 is 0 Å². The molecule has 0 spiro atoms. The van der Waals surface area contributed by atoms with Crippen LogP contribution in [0.25, 0.3) is 0 Å². The molecule has 1 heterocycles. The molecule has 0 aliphatic carbocycles. The van der Waals surface area contributed by atoms with Crippen LogP contribution in [0.4, 0.5) is 0 Å². The first kappa shape index (κ1) is 15.0. The molecule has 1 fully saturated rings. The molecule has 5 heteroatoms. The summed E-state index contributed by atoms with van der Waals surface area (Å²) in [5.41, 5.74) is 0.877. The molecule has 0 atom stereocenters. The fraction of sp³-hybridized carbons (Fsp3) is 0.571. The fourth-order valence-electron chi connectivity index (χ4n) is 2.35. The molecule has 1 aromatic rings. The second-order valence-corrected chi connectivity index (χ2v) is 7.87. The van der Waals surface area contributed by atoms with Gasteiger partial charge in [0.25, 0.3) is 0 Å². The van der Waals surface area contributed by atoms with Gasteiger partial charge in [-0.15, -0.1) is 0 Å². The number of alkyl halides is 1. The van der Waals surface area contributed by atoms with Gasteiger partial charge in [-0.3, -0.25) is 0 Å². The van der Waals surface area contributed by atoms with Gasteiger partial charge in [-0.25, -0.2) is 8.42 Å². The van der Waals surface area contributed by atoms with E-state index in [2.05, 4.69) is 15.9 Å². The van der Waals surface area contributed by atoms with E-state index in [0.29, 0.717) is 23.4 Å². The van der Waals surface area contributed by atoms with E-state index in [9.17, 15) is 8.42 Å². The molecular formula is C14H19BrO3S. The molecule has 2 rings (SSSR count). The molecule has 0 bridgehead atoms. The third-order valence-electron chi connectivity index (χ3n) is 3.71. The van der Waals surface area contributed by atoms with E-state index < -0.39 is 9.84 Å². The average Bonchev–Trinajstić information content (AvgIpc) is 2.40. The van der Waals surface area contributed by atoms with Crippen molar-refractivity contribution in [3.05, 3.63) is 29.8 Å². The van der Waals surface area contributed by atoms with Crippen LogP contribution in [-0.2, 0) is 14.6 Å².